The Morgan fingerprint density at radius 1 is 1.21 bits per heavy atom. The van der Waals surface area contributed by atoms with Crippen molar-refractivity contribution in [2.45, 2.75) is 11.0 Å². The van der Waals surface area contributed by atoms with Gasteiger partial charge in [0.2, 0.25) is 5.88 Å². The molecule has 0 aliphatic carbocycles. The molecule has 1 fully saturated rings. The van der Waals surface area contributed by atoms with E-state index < -0.39 is 0 Å². The molecule has 4 aromatic rings. The summed E-state index contributed by atoms with van der Waals surface area (Å²) in [5, 5.41) is 19.9. The molecule has 1 saturated heterocycles. The van der Waals surface area contributed by atoms with E-state index in [4.69, 9.17) is 0 Å². The highest BCUT2D eigenvalue weighted by Crippen LogP contribution is 2.40. The second-order valence-corrected chi connectivity index (χ2v) is 11.3. The number of aromatic nitrogens is 2. The van der Waals surface area contributed by atoms with E-state index in [1.807, 2.05) is 47.0 Å². The molecular formula is C23H23BrN6O2S2. The molecule has 0 bridgehead atoms. The summed E-state index contributed by atoms with van der Waals surface area (Å²) < 4.78 is 4.61. The van der Waals surface area contributed by atoms with Crippen LogP contribution < -0.4 is 0 Å². The lowest BCUT2D eigenvalue weighted by atomic mass is 10.2. The molecule has 2 aromatic carbocycles. The molecule has 1 N–H and O–H groups in total. The highest BCUT2D eigenvalue weighted by Gasteiger charge is 2.21. The topological polar surface area (TPSA) is 86.3 Å². The number of benzene rings is 2. The average molecular weight is 560 g/mol. The number of azo groups is 1. The SMILES string of the molecule is CN1CCN(Cn2c(O)c(N=NC(=O)CSc3nc4ccccc4s3)c3cc(Br)ccc32)CC1. The van der Waals surface area contributed by atoms with Gasteiger partial charge in [-0.25, -0.2) is 4.98 Å². The number of likely N-dealkylation sites (N-methyl/N-ethyl adjacent to an activating group) is 1. The number of thiazole rings is 1. The molecule has 0 spiro atoms. The zero-order valence-electron chi connectivity index (χ0n) is 18.5. The number of hydrogen-bond acceptors (Lipinski definition) is 8. The Morgan fingerprint density at radius 2 is 2.00 bits per heavy atom. The number of fused-ring (bicyclic) bond motifs is 2. The highest BCUT2D eigenvalue weighted by molar-refractivity contribution is 9.10. The highest BCUT2D eigenvalue weighted by atomic mass is 79.9. The minimum absolute atomic E-state index is 0.0161. The molecule has 2 aromatic heterocycles. The second-order valence-electron chi connectivity index (χ2n) is 8.15. The summed E-state index contributed by atoms with van der Waals surface area (Å²) in [7, 11) is 2.11. The molecule has 176 valence electrons. The van der Waals surface area contributed by atoms with Gasteiger partial charge in [0, 0.05) is 36.0 Å². The normalized spacial score (nSPS) is 15.7. The van der Waals surface area contributed by atoms with Gasteiger partial charge in [-0.3, -0.25) is 14.3 Å². The molecule has 0 radical (unpaired) electrons. The molecule has 0 unspecified atom stereocenters. The maximum absolute atomic E-state index is 12.5. The van der Waals surface area contributed by atoms with E-state index in [2.05, 4.69) is 48.0 Å². The van der Waals surface area contributed by atoms with E-state index in [0.29, 0.717) is 12.4 Å². The Kier molecular flexibility index (Phi) is 6.98. The molecule has 8 nitrogen and oxygen atoms in total. The van der Waals surface area contributed by atoms with Crippen molar-refractivity contribution in [3.05, 3.63) is 46.9 Å². The zero-order valence-corrected chi connectivity index (χ0v) is 21.7. The lowest BCUT2D eigenvalue weighted by molar-refractivity contribution is -0.115. The van der Waals surface area contributed by atoms with Crippen molar-refractivity contribution in [3.63, 3.8) is 0 Å². The number of nitrogens with zero attached hydrogens (tertiary/aromatic N) is 6. The van der Waals surface area contributed by atoms with Gasteiger partial charge in [0.25, 0.3) is 5.91 Å². The van der Waals surface area contributed by atoms with E-state index in [0.717, 1.165) is 56.1 Å². The van der Waals surface area contributed by atoms with Crippen molar-refractivity contribution in [2.75, 3.05) is 39.0 Å². The molecule has 3 heterocycles. The third-order valence-electron chi connectivity index (χ3n) is 5.76. The van der Waals surface area contributed by atoms with Crippen molar-refractivity contribution in [1.29, 1.82) is 0 Å². The molecule has 1 amide bonds. The summed E-state index contributed by atoms with van der Waals surface area (Å²) in [5.74, 6) is -0.228. The summed E-state index contributed by atoms with van der Waals surface area (Å²) in [5.41, 5.74) is 2.08. The fourth-order valence-corrected chi connectivity index (χ4v) is 6.11. The first-order valence-electron chi connectivity index (χ1n) is 10.8. The molecule has 0 saturated carbocycles. The third-order valence-corrected chi connectivity index (χ3v) is 8.42. The van der Waals surface area contributed by atoms with Crippen molar-refractivity contribution in [3.8, 4) is 5.88 Å². The second kappa shape index (κ2) is 10.1. The summed E-state index contributed by atoms with van der Waals surface area (Å²) in [6.45, 7) is 4.36. The van der Waals surface area contributed by atoms with Gasteiger partial charge in [-0.2, -0.15) is 0 Å². The number of carbonyl (C=O) groups is 1. The van der Waals surface area contributed by atoms with E-state index in [1.165, 1.54) is 11.8 Å². The standard InChI is InChI=1S/C23H23BrN6O2S2/c1-28-8-10-29(11-9-28)14-30-18-7-6-15(24)12-16(18)21(22(30)32)27-26-20(31)13-33-23-25-17-4-2-3-5-19(17)34-23/h2-7,12,32H,8-11,13-14H2,1H3. The number of aromatic hydroxyl groups is 1. The Labute approximate surface area is 213 Å². The van der Waals surface area contributed by atoms with Gasteiger partial charge in [-0.15, -0.1) is 21.6 Å². The van der Waals surface area contributed by atoms with Gasteiger partial charge in [-0.1, -0.05) is 39.8 Å². The van der Waals surface area contributed by atoms with Crippen LogP contribution in [-0.4, -0.2) is 69.3 Å². The number of thioether (sulfide) groups is 1. The average Bonchev–Trinajstić information content (AvgIpc) is 3.36. The first-order chi connectivity index (χ1) is 16.5. The number of hydrogen-bond donors (Lipinski definition) is 1. The Morgan fingerprint density at radius 3 is 2.79 bits per heavy atom. The Bertz CT molecular complexity index is 1340. The maximum Gasteiger partial charge on any atom is 0.274 e. The first kappa shape index (κ1) is 23.4. The van der Waals surface area contributed by atoms with Gasteiger partial charge in [0.15, 0.2) is 10.0 Å². The predicted molar refractivity (Wildman–Crippen MR) is 140 cm³/mol. The lowest BCUT2D eigenvalue weighted by Crippen LogP contribution is -2.44. The van der Waals surface area contributed by atoms with E-state index in [9.17, 15) is 9.90 Å². The molecule has 0 atom stereocenters. The number of piperazine rings is 1. The van der Waals surface area contributed by atoms with Crippen LogP contribution in [0.4, 0.5) is 5.69 Å². The van der Waals surface area contributed by atoms with Crippen LogP contribution in [0.15, 0.2) is 61.5 Å². The van der Waals surface area contributed by atoms with E-state index >= 15 is 0 Å². The lowest BCUT2D eigenvalue weighted by Gasteiger charge is -2.32. The Balaban J connectivity index is 1.34. The van der Waals surface area contributed by atoms with Gasteiger partial charge < -0.3 is 10.0 Å². The van der Waals surface area contributed by atoms with Gasteiger partial charge in [0.05, 0.1) is 28.2 Å². The number of halogens is 1. The summed E-state index contributed by atoms with van der Waals surface area (Å²) in [6.07, 6.45) is 0. The third kappa shape index (κ3) is 5.03. The number of amides is 1. The molecule has 34 heavy (non-hydrogen) atoms. The number of carbonyl (C=O) groups excluding carboxylic acids is 1. The smallest absolute Gasteiger partial charge is 0.274 e. The van der Waals surface area contributed by atoms with Crippen LogP contribution in [-0.2, 0) is 11.5 Å². The van der Waals surface area contributed by atoms with Crippen LogP contribution in [0.5, 0.6) is 5.88 Å². The van der Waals surface area contributed by atoms with Crippen LogP contribution in [0.3, 0.4) is 0 Å². The van der Waals surface area contributed by atoms with Gasteiger partial charge in [-0.05, 0) is 37.4 Å². The van der Waals surface area contributed by atoms with Crippen LogP contribution in [0.25, 0.3) is 21.1 Å². The number of para-hydroxylation sites is 1. The largest absolute Gasteiger partial charge is 0.493 e. The minimum Gasteiger partial charge on any atom is -0.493 e. The minimum atomic E-state index is -0.376. The number of rotatable bonds is 6. The van der Waals surface area contributed by atoms with Crippen LogP contribution in [0.2, 0.25) is 0 Å². The maximum atomic E-state index is 12.5. The van der Waals surface area contributed by atoms with Crippen LogP contribution >= 0.6 is 39.0 Å². The predicted octanol–water partition coefficient (Wildman–Crippen LogP) is 5.33. The van der Waals surface area contributed by atoms with Gasteiger partial charge in [0.1, 0.15) is 0 Å². The monoisotopic (exact) mass is 558 g/mol. The van der Waals surface area contributed by atoms with Crippen molar-refractivity contribution < 1.29 is 9.90 Å². The molecule has 11 heteroatoms. The van der Waals surface area contributed by atoms with Crippen molar-refractivity contribution >= 4 is 71.7 Å². The quantitative estimate of drug-likeness (QED) is 0.254. The summed E-state index contributed by atoms with van der Waals surface area (Å²) >= 11 is 6.39. The molecule has 1 aliphatic rings. The Hall–Kier alpha value is -2.31. The summed E-state index contributed by atoms with van der Waals surface area (Å²) in [6, 6.07) is 13.7. The molecular weight excluding hydrogens is 536 g/mol. The van der Waals surface area contributed by atoms with E-state index in [-0.39, 0.29) is 17.5 Å². The van der Waals surface area contributed by atoms with Crippen LogP contribution in [0, 0.1) is 0 Å². The van der Waals surface area contributed by atoms with E-state index in [1.54, 1.807) is 11.3 Å². The summed E-state index contributed by atoms with van der Waals surface area (Å²) in [4.78, 5) is 21.6. The van der Waals surface area contributed by atoms with Crippen molar-refractivity contribution in [2.24, 2.45) is 10.2 Å². The first-order valence-corrected chi connectivity index (χ1v) is 13.4. The van der Waals surface area contributed by atoms with Crippen LogP contribution in [0.1, 0.15) is 0 Å². The zero-order chi connectivity index (χ0) is 23.7. The fraction of sp³-hybridized carbons (Fsp3) is 0.304. The molecule has 5 rings (SSSR count). The van der Waals surface area contributed by atoms with Gasteiger partial charge >= 0.3 is 0 Å². The van der Waals surface area contributed by atoms with Crippen molar-refractivity contribution in [1.82, 2.24) is 19.4 Å². The fourth-order valence-electron chi connectivity index (χ4n) is 3.90. The molecule has 1 aliphatic heterocycles.